The minimum Gasteiger partial charge on any atom is -0.323 e. The van der Waals surface area contributed by atoms with Crippen molar-refractivity contribution in [3.05, 3.63) is 65.2 Å². The van der Waals surface area contributed by atoms with E-state index in [0.29, 0.717) is 6.42 Å². The number of benzene rings is 2. The summed E-state index contributed by atoms with van der Waals surface area (Å²) in [5.74, 6) is 0.0451. The highest BCUT2D eigenvalue weighted by Crippen LogP contribution is 2.25. The molecule has 2 aromatic rings. The summed E-state index contributed by atoms with van der Waals surface area (Å²) in [5, 5.41) is 2.93. The van der Waals surface area contributed by atoms with Gasteiger partial charge in [-0.3, -0.25) is 9.59 Å². The van der Waals surface area contributed by atoms with Gasteiger partial charge in [-0.2, -0.15) is 0 Å². The lowest BCUT2D eigenvalue weighted by molar-refractivity contribution is -0.117. The first-order valence-corrected chi connectivity index (χ1v) is 9.20. The van der Waals surface area contributed by atoms with Gasteiger partial charge in [0.05, 0.1) is 0 Å². The van der Waals surface area contributed by atoms with Crippen molar-refractivity contribution in [2.45, 2.75) is 32.1 Å². The molecule has 1 N–H and O–H groups in total. The lowest BCUT2D eigenvalue weighted by Gasteiger charge is -2.15. The van der Waals surface area contributed by atoms with Crippen molar-refractivity contribution in [3.8, 4) is 0 Å². The molecule has 4 rings (SSSR count). The number of carbonyl (C=O) groups is 2. The van der Waals surface area contributed by atoms with Gasteiger partial charge in [-0.15, -0.1) is 0 Å². The minimum absolute atomic E-state index is 0.137. The monoisotopic (exact) mass is 346 g/mol. The van der Waals surface area contributed by atoms with Crippen molar-refractivity contribution in [1.82, 2.24) is 0 Å². The fourth-order valence-electron chi connectivity index (χ4n) is 3.69. The summed E-state index contributed by atoms with van der Waals surface area (Å²) in [6.07, 6.45) is 8.32. The standard InChI is InChI=1S/C22H22N2O2/c25-21(23-19-10-9-17-3-1-4-18(17)15-19)13-8-16-6-11-20(12-7-16)24-14-2-5-22(24)26/h6-13,15H,1-5,14H2,(H,23,25)/b13-8+. The Hall–Kier alpha value is -2.88. The van der Waals surface area contributed by atoms with Crippen molar-refractivity contribution in [3.63, 3.8) is 0 Å². The smallest absolute Gasteiger partial charge is 0.248 e. The van der Waals surface area contributed by atoms with Gasteiger partial charge >= 0.3 is 0 Å². The fourth-order valence-corrected chi connectivity index (χ4v) is 3.69. The Morgan fingerprint density at radius 3 is 2.54 bits per heavy atom. The molecule has 1 heterocycles. The number of nitrogens with one attached hydrogen (secondary N) is 1. The van der Waals surface area contributed by atoms with Gasteiger partial charge in [-0.1, -0.05) is 18.2 Å². The second-order valence-electron chi connectivity index (χ2n) is 6.90. The van der Waals surface area contributed by atoms with E-state index in [-0.39, 0.29) is 11.8 Å². The molecule has 1 aliphatic carbocycles. The number of hydrogen-bond donors (Lipinski definition) is 1. The number of anilines is 2. The molecule has 4 heteroatoms. The predicted molar refractivity (Wildman–Crippen MR) is 104 cm³/mol. The van der Waals surface area contributed by atoms with E-state index in [0.717, 1.165) is 42.7 Å². The van der Waals surface area contributed by atoms with Crippen LogP contribution in [-0.4, -0.2) is 18.4 Å². The molecule has 0 unspecified atom stereocenters. The van der Waals surface area contributed by atoms with Crippen molar-refractivity contribution < 1.29 is 9.59 Å². The molecule has 0 spiro atoms. The first-order chi connectivity index (χ1) is 12.7. The van der Waals surface area contributed by atoms with E-state index in [9.17, 15) is 9.59 Å². The number of aryl methyl sites for hydroxylation is 2. The van der Waals surface area contributed by atoms with Crippen LogP contribution in [0, 0.1) is 0 Å². The van der Waals surface area contributed by atoms with Gasteiger partial charge < -0.3 is 10.2 Å². The number of rotatable bonds is 4. The van der Waals surface area contributed by atoms with Crippen LogP contribution in [0.2, 0.25) is 0 Å². The number of fused-ring (bicyclic) bond motifs is 1. The summed E-state index contributed by atoms with van der Waals surface area (Å²) < 4.78 is 0. The Labute approximate surface area is 153 Å². The molecule has 0 bridgehead atoms. The maximum absolute atomic E-state index is 12.2. The quantitative estimate of drug-likeness (QED) is 0.852. The molecule has 2 aliphatic rings. The lowest BCUT2D eigenvalue weighted by Crippen LogP contribution is -2.23. The van der Waals surface area contributed by atoms with Gasteiger partial charge in [0.1, 0.15) is 0 Å². The second kappa shape index (κ2) is 7.16. The van der Waals surface area contributed by atoms with Crippen molar-refractivity contribution in [2.75, 3.05) is 16.8 Å². The number of carbonyl (C=O) groups excluding carboxylic acids is 2. The van der Waals surface area contributed by atoms with Crippen LogP contribution >= 0.6 is 0 Å². The summed E-state index contributed by atoms with van der Waals surface area (Å²) in [7, 11) is 0. The number of hydrogen-bond acceptors (Lipinski definition) is 2. The van der Waals surface area contributed by atoms with Crippen LogP contribution in [0.15, 0.2) is 48.5 Å². The molecule has 1 saturated heterocycles. The average molecular weight is 346 g/mol. The van der Waals surface area contributed by atoms with Crippen LogP contribution in [0.3, 0.4) is 0 Å². The molecule has 0 saturated carbocycles. The summed E-state index contributed by atoms with van der Waals surface area (Å²) >= 11 is 0. The average Bonchev–Trinajstić information content (AvgIpc) is 3.29. The summed E-state index contributed by atoms with van der Waals surface area (Å²) in [4.78, 5) is 25.7. The Kier molecular flexibility index (Phi) is 4.57. The van der Waals surface area contributed by atoms with Crippen molar-refractivity contribution in [2.24, 2.45) is 0 Å². The van der Waals surface area contributed by atoms with Gasteiger partial charge in [0.15, 0.2) is 0 Å². The molecular weight excluding hydrogens is 324 g/mol. The molecule has 1 aliphatic heterocycles. The zero-order valence-electron chi connectivity index (χ0n) is 14.7. The van der Waals surface area contributed by atoms with E-state index < -0.39 is 0 Å². The molecule has 0 aromatic heterocycles. The highest BCUT2D eigenvalue weighted by molar-refractivity contribution is 6.02. The second-order valence-corrected chi connectivity index (χ2v) is 6.90. The summed E-state index contributed by atoms with van der Waals surface area (Å²) in [6, 6.07) is 13.9. The fraction of sp³-hybridized carbons (Fsp3) is 0.273. The number of amides is 2. The molecule has 2 aromatic carbocycles. The topological polar surface area (TPSA) is 49.4 Å². The Balaban J connectivity index is 1.38. The van der Waals surface area contributed by atoms with E-state index >= 15 is 0 Å². The molecule has 26 heavy (non-hydrogen) atoms. The highest BCUT2D eigenvalue weighted by atomic mass is 16.2. The Morgan fingerprint density at radius 1 is 0.962 bits per heavy atom. The predicted octanol–water partition coefficient (Wildman–Crippen LogP) is 3.95. The van der Waals surface area contributed by atoms with Crippen LogP contribution in [-0.2, 0) is 22.4 Å². The number of nitrogens with zero attached hydrogens (tertiary/aromatic N) is 1. The largest absolute Gasteiger partial charge is 0.323 e. The Bertz CT molecular complexity index is 868. The zero-order chi connectivity index (χ0) is 17.9. The van der Waals surface area contributed by atoms with Crippen LogP contribution in [0.4, 0.5) is 11.4 Å². The third-order valence-electron chi connectivity index (χ3n) is 5.07. The van der Waals surface area contributed by atoms with Crippen LogP contribution < -0.4 is 10.2 Å². The maximum atomic E-state index is 12.2. The third kappa shape index (κ3) is 3.54. The van der Waals surface area contributed by atoms with Crippen LogP contribution in [0.25, 0.3) is 6.08 Å². The molecule has 0 radical (unpaired) electrons. The molecular formula is C22H22N2O2. The van der Waals surface area contributed by atoms with E-state index in [4.69, 9.17) is 0 Å². The molecule has 4 nitrogen and oxygen atoms in total. The first-order valence-electron chi connectivity index (χ1n) is 9.20. The molecule has 1 fully saturated rings. The van der Waals surface area contributed by atoms with Gasteiger partial charge in [0.25, 0.3) is 0 Å². The summed E-state index contributed by atoms with van der Waals surface area (Å²) in [5.41, 5.74) is 5.45. The lowest BCUT2D eigenvalue weighted by atomic mass is 10.1. The maximum Gasteiger partial charge on any atom is 0.248 e. The first kappa shape index (κ1) is 16.6. The molecule has 132 valence electrons. The zero-order valence-corrected chi connectivity index (χ0v) is 14.7. The van der Waals surface area contributed by atoms with E-state index in [1.807, 2.05) is 35.2 Å². The Morgan fingerprint density at radius 2 is 1.77 bits per heavy atom. The van der Waals surface area contributed by atoms with Gasteiger partial charge in [-0.25, -0.2) is 0 Å². The molecule has 0 atom stereocenters. The van der Waals surface area contributed by atoms with Crippen LogP contribution in [0.5, 0.6) is 0 Å². The molecule has 2 amide bonds. The van der Waals surface area contributed by atoms with Gasteiger partial charge in [-0.05, 0) is 72.7 Å². The minimum atomic E-state index is -0.137. The highest BCUT2D eigenvalue weighted by Gasteiger charge is 2.21. The van der Waals surface area contributed by atoms with Gasteiger partial charge in [0, 0.05) is 30.4 Å². The third-order valence-corrected chi connectivity index (χ3v) is 5.07. The van der Waals surface area contributed by atoms with Gasteiger partial charge in [0.2, 0.25) is 11.8 Å². The van der Waals surface area contributed by atoms with Crippen molar-refractivity contribution in [1.29, 1.82) is 0 Å². The SMILES string of the molecule is O=C(/C=C/c1ccc(N2CCCC2=O)cc1)Nc1ccc2c(c1)CCC2. The van der Waals surface area contributed by atoms with Crippen LogP contribution in [0.1, 0.15) is 36.0 Å². The normalized spacial score (nSPS) is 16.3. The van der Waals surface area contributed by atoms with E-state index in [2.05, 4.69) is 17.4 Å². The van der Waals surface area contributed by atoms with E-state index in [1.54, 1.807) is 12.2 Å². The van der Waals surface area contributed by atoms with Crippen molar-refractivity contribution >= 4 is 29.3 Å². The van der Waals surface area contributed by atoms with E-state index in [1.165, 1.54) is 17.5 Å². The summed E-state index contributed by atoms with van der Waals surface area (Å²) in [6.45, 7) is 0.789.